The average Bonchev–Trinajstić information content (AvgIpc) is 3.29. The molecule has 1 atom stereocenters. The Morgan fingerprint density at radius 1 is 1.06 bits per heavy atom. The summed E-state index contributed by atoms with van der Waals surface area (Å²) >= 11 is 0. The summed E-state index contributed by atoms with van der Waals surface area (Å²) in [6, 6.07) is 13.3. The Bertz CT molecular complexity index is 965. The maximum Gasteiger partial charge on any atom is 0.169 e. The van der Waals surface area contributed by atoms with Crippen molar-refractivity contribution in [3.8, 4) is 0 Å². The van der Waals surface area contributed by atoms with Gasteiger partial charge in [0.05, 0.1) is 18.3 Å². The minimum absolute atomic E-state index is 0.0737. The van der Waals surface area contributed by atoms with E-state index in [-0.39, 0.29) is 6.04 Å². The average molecular weight is 422 g/mol. The SMILES string of the molecule is Cc1cc(CC(c2nnnn2Cc2ccccc2)N2CCCN(C3CCC3)CC2)no1. The number of hydrogen-bond donors (Lipinski definition) is 0. The summed E-state index contributed by atoms with van der Waals surface area (Å²) in [4.78, 5) is 5.24. The van der Waals surface area contributed by atoms with Crippen molar-refractivity contribution in [1.82, 2.24) is 35.2 Å². The van der Waals surface area contributed by atoms with Crippen LogP contribution >= 0.6 is 0 Å². The molecule has 1 aliphatic heterocycles. The van der Waals surface area contributed by atoms with E-state index in [9.17, 15) is 0 Å². The highest BCUT2D eigenvalue weighted by atomic mass is 16.5. The second kappa shape index (κ2) is 9.28. The van der Waals surface area contributed by atoms with E-state index in [1.807, 2.05) is 23.7 Å². The highest BCUT2D eigenvalue weighted by Gasteiger charge is 2.32. The summed E-state index contributed by atoms with van der Waals surface area (Å²) in [6.45, 7) is 6.97. The number of benzene rings is 1. The Kier molecular flexibility index (Phi) is 6.08. The van der Waals surface area contributed by atoms with E-state index in [1.54, 1.807) is 0 Å². The molecule has 3 aromatic rings. The minimum Gasteiger partial charge on any atom is -0.361 e. The first-order valence-electron chi connectivity index (χ1n) is 11.5. The fourth-order valence-electron chi connectivity index (χ4n) is 4.80. The molecular formula is C23H31N7O. The zero-order valence-electron chi connectivity index (χ0n) is 18.2. The number of rotatable bonds is 7. The highest BCUT2D eigenvalue weighted by Crippen LogP contribution is 2.29. The zero-order valence-corrected chi connectivity index (χ0v) is 18.2. The maximum atomic E-state index is 5.36. The number of nitrogens with zero attached hydrogens (tertiary/aromatic N) is 7. The van der Waals surface area contributed by atoms with Gasteiger partial charge in [0.25, 0.3) is 0 Å². The Morgan fingerprint density at radius 2 is 1.94 bits per heavy atom. The first kappa shape index (κ1) is 20.3. The van der Waals surface area contributed by atoms with Crippen LogP contribution < -0.4 is 0 Å². The van der Waals surface area contributed by atoms with Crippen LogP contribution in [0.1, 0.15) is 54.6 Å². The molecule has 0 radical (unpaired) electrons. The predicted octanol–water partition coefficient (Wildman–Crippen LogP) is 2.86. The van der Waals surface area contributed by atoms with Gasteiger partial charge in [0.15, 0.2) is 5.82 Å². The van der Waals surface area contributed by atoms with E-state index in [0.29, 0.717) is 6.54 Å². The van der Waals surface area contributed by atoms with Crippen molar-refractivity contribution in [1.29, 1.82) is 0 Å². The molecule has 8 nitrogen and oxygen atoms in total. The van der Waals surface area contributed by atoms with E-state index in [4.69, 9.17) is 4.52 Å². The lowest BCUT2D eigenvalue weighted by Crippen LogP contribution is -2.42. The summed E-state index contributed by atoms with van der Waals surface area (Å²) in [5, 5.41) is 17.2. The van der Waals surface area contributed by atoms with Gasteiger partial charge in [0, 0.05) is 38.2 Å². The van der Waals surface area contributed by atoms with Gasteiger partial charge in [-0.2, -0.15) is 0 Å². The van der Waals surface area contributed by atoms with Gasteiger partial charge in [-0.3, -0.25) is 9.80 Å². The van der Waals surface area contributed by atoms with Gasteiger partial charge >= 0.3 is 0 Å². The first-order chi connectivity index (χ1) is 15.3. The Balaban J connectivity index is 1.39. The van der Waals surface area contributed by atoms with Crippen LogP contribution in [0.2, 0.25) is 0 Å². The van der Waals surface area contributed by atoms with Crippen LogP contribution in [0.25, 0.3) is 0 Å². The number of aromatic nitrogens is 5. The van der Waals surface area contributed by atoms with Crippen LogP contribution in [0.5, 0.6) is 0 Å². The van der Waals surface area contributed by atoms with Gasteiger partial charge in [0.1, 0.15) is 5.76 Å². The molecule has 3 heterocycles. The van der Waals surface area contributed by atoms with Crippen molar-refractivity contribution in [3.05, 3.63) is 59.2 Å². The summed E-state index contributed by atoms with van der Waals surface area (Å²) in [5.74, 6) is 1.74. The molecule has 31 heavy (non-hydrogen) atoms. The van der Waals surface area contributed by atoms with Crippen molar-refractivity contribution in [2.45, 2.75) is 57.7 Å². The summed E-state index contributed by atoms with van der Waals surface area (Å²) in [7, 11) is 0. The van der Waals surface area contributed by atoms with E-state index >= 15 is 0 Å². The van der Waals surface area contributed by atoms with Crippen LogP contribution in [0.4, 0.5) is 0 Å². The van der Waals surface area contributed by atoms with E-state index in [2.05, 4.69) is 54.7 Å². The van der Waals surface area contributed by atoms with Crippen molar-refractivity contribution >= 4 is 0 Å². The van der Waals surface area contributed by atoms with Crippen molar-refractivity contribution in [3.63, 3.8) is 0 Å². The molecule has 0 spiro atoms. The summed E-state index contributed by atoms with van der Waals surface area (Å²) in [6.07, 6.45) is 6.02. The van der Waals surface area contributed by atoms with E-state index < -0.39 is 0 Å². The molecule has 0 amide bonds. The van der Waals surface area contributed by atoms with Crippen molar-refractivity contribution < 1.29 is 4.52 Å². The molecule has 164 valence electrons. The number of aryl methyl sites for hydroxylation is 1. The van der Waals surface area contributed by atoms with Crippen molar-refractivity contribution in [2.75, 3.05) is 26.2 Å². The molecule has 1 saturated heterocycles. The second-order valence-corrected chi connectivity index (χ2v) is 8.84. The second-order valence-electron chi connectivity index (χ2n) is 8.84. The molecule has 0 bridgehead atoms. The smallest absolute Gasteiger partial charge is 0.169 e. The third kappa shape index (κ3) is 4.70. The van der Waals surface area contributed by atoms with Crippen LogP contribution in [0.3, 0.4) is 0 Å². The minimum atomic E-state index is 0.0737. The summed E-state index contributed by atoms with van der Waals surface area (Å²) < 4.78 is 7.30. The largest absolute Gasteiger partial charge is 0.361 e. The molecule has 1 unspecified atom stereocenters. The van der Waals surface area contributed by atoms with Crippen LogP contribution in [0, 0.1) is 6.92 Å². The summed E-state index contributed by atoms with van der Waals surface area (Å²) in [5.41, 5.74) is 2.15. The molecule has 2 aliphatic rings. The van der Waals surface area contributed by atoms with Gasteiger partial charge in [-0.25, -0.2) is 4.68 Å². The standard InChI is InChI=1S/C23H31N7O/c1-18-15-20(25-31-18)16-22(29-12-6-11-28(13-14-29)21-9-5-10-21)23-24-26-27-30(23)17-19-7-3-2-4-8-19/h2-4,7-8,15,21-22H,5-6,9-14,16-17H2,1H3. The normalized spacial score (nSPS) is 19.8. The van der Waals surface area contributed by atoms with Gasteiger partial charge in [-0.1, -0.05) is 41.9 Å². The van der Waals surface area contributed by atoms with Gasteiger partial charge in [-0.05, 0) is 48.7 Å². The molecule has 1 aliphatic carbocycles. The van der Waals surface area contributed by atoms with Crippen LogP contribution in [-0.2, 0) is 13.0 Å². The fraction of sp³-hybridized carbons (Fsp3) is 0.565. The Labute approximate surface area is 183 Å². The van der Waals surface area contributed by atoms with Gasteiger partial charge < -0.3 is 4.52 Å². The van der Waals surface area contributed by atoms with E-state index in [0.717, 1.165) is 49.4 Å². The highest BCUT2D eigenvalue weighted by molar-refractivity contribution is 5.16. The third-order valence-electron chi connectivity index (χ3n) is 6.71. The quantitative estimate of drug-likeness (QED) is 0.581. The first-order valence-corrected chi connectivity index (χ1v) is 11.5. The lowest BCUT2D eigenvalue weighted by Gasteiger charge is -2.37. The predicted molar refractivity (Wildman–Crippen MR) is 116 cm³/mol. The fourth-order valence-corrected chi connectivity index (χ4v) is 4.80. The molecule has 1 aromatic carbocycles. The Hall–Kier alpha value is -2.58. The monoisotopic (exact) mass is 421 g/mol. The van der Waals surface area contributed by atoms with Crippen molar-refractivity contribution in [2.24, 2.45) is 0 Å². The molecule has 2 fully saturated rings. The molecule has 1 saturated carbocycles. The molecule has 5 rings (SSSR count). The molecule has 0 N–H and O–H groups in total. The zero-order chi connectivity index (χ0) is 21.0. The van der Waals surface area contributed by atoms with Crippen LogP contribution in [-0.4, -0.2) is 67.4 Å². The Morgan fingerprint density at radius 3 is 2.68 bits per heavy atom. The molecule has 2 aromatic heterocycles. The number of hydrogen-bond acceptors (Lipinski definition) is 7. The van der Waals surface area contributed by atoms with Gasteiger partial charge in [0.2, 0.25) is 0 Å². The topological polar surface area (TPSA) is 76.1 Å². The van der Waals surface area contributed by atoms with Crippen LogP contribution in [0.15, 0.2) is 40.9 Å². The molecular weight excluding hydrogens is 390 g/mol. The van der Waals surface area contributed by atoms with E-state index in [1.165, 1.54) is 37.8 Å². The lowest BCUT2D eigenvalue weighted by molar-refractivity contribution is 0.124. The lowest BCUT2D eigenvalue weighted by atomic mass is 9.91. The van der Waals surface area contributed by atoms with Gasteiger partial charge in [-0.15, -0.1) is 5.10 Å². The number of tetrazole rings is 1. The third-order valence-corrected chi connectivity index (χ3v) is 6.71. The molecule has 8 heteroatoms. The maximum absolute atomic E-state index is 5.36.